The van der Waals surface area contributed by atoms with Crippen LogP contribution >= 0.6 is 22.9 Å². The van der Waals surface area contributed by atoms with E-state index in [0.29, 0.717) is 33.8 Å². The maximum atomic E-state index is 12.6. The number of hydrogen-bond acceptors (Lipinski definition) is 7. The van der Waals surface area contributed by atoms with Gasteiger partial charge in [-0.2, -0.15) is 0 Å². The van der Waals surface area contributed by atoms with Gasteiger partial charge in [-0.05, 0) is 55.3 Å². The number of benzene rings is 2. The molecule has 2 amide bonds. The van der Waals surface area contributed by atoms with Crippen molar-refractivity contribution in [1.29, 1.82) is 0 Å². The van der Waals surface area contributed by atoms with Crippen molar-refractivity contribution in [2.24, 2.45) is 0 Å². The molecule has 0 aliphatic rings. The lowest BCUT2D eigenvalue weighted by Crippen LogP contribution is -2.33. The summed E-state index contributed by atoms with van der Waals surface area (Å²) in [5.41, 5.74) is 1.58. The van der Waals surface area contributed by atoms with Gasteiger partial charge in [0.15, 0.2) is 0 Å². The second-order valence-electron chi connectivity index (χ2n) is 6.73. The summed E-state index contributed by atoms with van der Waals surface area (Å²) in [7, 11) is 1.60. The molecule has 10 heteroatoms. The molecule has 0 unspecified atom stereocenters. The van der Waals surface area contributed by atoms with Crippen LogP contribution in [-0.2, 0) is 22.4 Å². The molecule has 0 saturated heterocycles. The molecule has 0 saturated carbocycles. The van der Waals surface area contributed by atoms with E-state index < -0.39 is 12.1 Å². The summed E-state index contributed by atoms with van der Waals surface area (Å²) in [6.45, 7) is 2.05. The highest BCUT2D eigenvalue weighted by atomic mass is 35.5. The van der Waals surface area contributed by atoms with Crippen LogP contribution in [0.3, 0.4) is 0 Å². The van der Waals surface area contributed by atoms with E-state index in [4.69, 9.17) is 21.1 Å². The highest BCUT2D eigenvalue weighted by molar-refractivity contribution is 7.11. The lowest BCUT2D eigenvalue weighted by Gasteiger charge is -2.17. The number of aromatic nitrogens is 2. The average Bonchev–Trinajstić information content (AvgIpc) is 3.24. The summed E-state index contributed by atoms with van der Waals surface area (Å²) >= 11 is 7.16. The van der Waals surface area contributed by atoms with Crippen LogP contribution in [0.2, 0.25) is 5.02 Å². The molecule has 8 nitrogen and oxygen atoms in total. The summed E-state index contributed by atoms with van der Waals surface area (Å²) in [5.74, 6) is 0.377. The van der Waals surface area contributed by atoms with E-state index in [9.17, 15) is 9.59 Å². The van der Waals surface area contributed by atoms with Crippen LogP contribution < -0.4 is 15.4 Å². The topological polar surface area (TPSA) is 102 Å². The van der Waals surface area contributed by atoms with Gasteiger partial charge < -0.3 is 20.1 Å². The van der Waals surface area contributed by atoms with Crippen LogP contribution in [0.5, 0.6) is 5.75 Å². The minimum atomic E-state index is -0.454. The molecule has 0 spiro atoms. The maximum absolute atomic E-state index is 12.6. The number of urea groups is 1. The van der Waals surface area contributed by atoms with Crippen molar-refractivity contribution in [2.45, 2.75) is 25.8 Å². The van der Waals surface area contributed by atoms with Crippen molar-refractivity contribution < 1.29 is 19.1 Å². The number of carbonyl (C=O) groups excluding carboxylic acids is 2. The third-order valence-corrected chi connectivity index (χ3v) is 5.68. The number of esters is 1. The summed E-state index contributed by atoms with van der Waals surface area (Å²) in [6.07, 6.45) is 0.518. The SMILES string of the molecule is CCOC(=O)Cc1nnc([C@H](Cc2ccc(OC)cc2)NC(=O)Nc2ccc(Cl)cc2)s1. The lowest BCUT2D eigenvalue weighted by atomic mass is 10.1. The number of anilines is 1. The van der Waals surface area contributed by atoms with Crippen LogP contribution in [0.4, 0.5) is 10.5 Å². The number of rotatable bonds is 9. The predicted molar refractivity (Wildman–Crippen MR) is 123 cm³/mol. The van der Waals surface area contributed by atoms with Crippen LogP contribution in [0, 0.1) is 0 Å². The number of methoxy groups -OCH3 is 1. The molecular weight excluding hydrogens is 452 g/mol. The Kier molecular flexibility index (Phi) is 8.41. The fourth-order valence-electron chi connectivity index (χ4n) is 2.87. The number of ether oxygens (including phenoxy) is 2. The lowest BCUT2D eigenvalue weighted by molar-refractivity contribution is -0.142. The Morgan fingerprint density at radius 2 is 1.81 bits per heavy atom. The van der Waals surface area contributed by atoms with E-state index >= 15 is 0 Å². The summed E-state index contributed by atoms with van der Waals surface area (Å²) in [5, 5.41) is 15.7. The Morgan fingerprint density at radius 1 is 1.09 bits per heavy atom. The zero-order valence-corrected chi connectivity index (χ0v) is 19.2. The van der Waals surface area contributed by atoms with Crippen molar-refractivity contribution >= 4 is 40.6 Å². The van der Waals surface area contributed by atoms with Gasteiger partial charge in [-0.1, -0.05) is 35.1 Å². The number of nitrogens with zero attached hydrogens (tertiary/aromatic N) is 2. The van der Waals surface area contributed by atoms with Crippen molar-refractivity contribution in [3.8, 4) is 5.75 Å². The highest BCUT2D eigenvalue weighted by Crippen LogP contribution is 2.24. The molecular formula is C22H23ClN4O4S. The normalized spacial score (nSPS) is 11.5. The van der Waals surface area contributed by atoms with Crippen molar-refractivity contribution in [3.63, 3.8) is 0 Å². The maximum Gasteiger partial charge on any atom is 0.319 e. The second kappa shape index (κ2) is 11.4. The van der Waals surface area contributed by atoms with E-state index in [1.165, 1.54) is 11.3 Å². The second-order valence-corrected chi connectivity index (χ2v) is 8.26. The van der Waals surface area contributed by atoms with Crippen LogP contribution in [0.25, 0.3) is 0 Å². The van der Waals surface area contributed by atoms with E-state index in [1.54, 1.807) is 38.3 Å². The predicted octanol–water partition coefficient (Wildman–Crippen LogP) is 4.41. The average molecular weight is 475 g/mol. The Hall–Kier alpha value is -3.17. The Balaban J connectivity index is 1.75. The molecule has 1 aromatic heterocycles. The summed E-state index contributed by atoms with van der Waals surface area (Å²) in [4.78, 5) is 24.4. The third kappa shape index (κ3) is 6.93. The molecule has 3 aromatic rings. The zero-order valence-electron chi connectivity index (χ0n) is 17.6. The molecule has 1 atom stereocenters. The molecule has 0 radical (unpaired) electrons. The van der Waals surface area contributed by atoms with Gasteiger partial charge in [0.2, 0.25) is 0 Å². The molecule has 0 aliphatic carbocycles. The van der Waals surface area contributed by atoms with Gasteiger partial charge in [-0.15, -0.1) is 10.2 Å². The number of amides is 2. The van der Waals surface area contributed by atoms with E-state index in [-0.39, 0.29) is 12.4 Å². The minimum absolute atomic E-state index is 0.0394. The number of halogens is 1. The standard InChI is InChI=1S/C22H23ClN4O4S/c1-3-31-20(28)13-19-26-27-21(32-19)18(12-14-4-10-17(30-2)11-5-14)25-22(29)24-16-8-6-15(23)7-9-16/h4-11,18H,3,12-13H2,1-2H3,(H2,24,25,29)/t18-/m0/s1. The van der Waals surface area contributed by atoms with Gasteiger partial charge >= 0.3 is 12.0 Å². The molecule has 1 heterocycles. The Labute approximate surface area is 194 Å². The van der Waals surface area contributed by atoms with Crippen molar-refractivity contribution in [1.82, 2.24) is 15.5 Å². The van der Waals surface area contributed by atoms with Gasteiger partial charge in [0.25, 0.3) is 0 Å². The minimum Gasteiger partial charge on any atom is -0.497 e. The van der Waals surface area contributed by atoms with Gasteiger partial charge in [-0.3, -0.25) is 4.79 Å². The third-order valence-electron chi connectivity index (χ3n) is 4.39. The van der Waals surface area contributed by atoms with E-state index in [1.807, 2.05) is 24.3 Å². The molecule has 3 rings (SSSR count). The Morgan fingerprint density at radius 3 is 2.47 bits per heavy atom. The first kappa shape index (κ1) is 23.5. The summed E-state index contributed by atoms with van der Waals surface area (Å²) in [6, 6.07) is 13.5. The Bertz CT molecular complexity index is 1040. The van der Waals surface area contributed by atoms with Crippen LogP contribution in [0.15, 0.2) is 48.5 Å². The molecule has 32 heavy (non-hydrogen) atoms. The van der Waals surface area contributed by atoms with E-state index in [2.05, 4.69) is 20.8 Å². The molecule has 168 valence electrons. The van der Waals surface area contributed by atoms with Gasteiger partial charge in [0.1, 0.15) is 15.8 Å². The van der Waals surface area contributed by atoms with Crippen molar-refractivity contribution in [2.75, 3.05) is 19.0 Å². The van der Waals surface area contributed by atoms with Gasteiger partial charge in [0.05, 0.1) is 26.2 Å². The number of hydrogen-bond donors (Lipinski definition) is 2. The first-order chi connectivity index (χ1) is 15.5. The first-order valence-corrected chi connectivity index (χ1v) is 11.1. The molecule has 2 aromatic carbocycles. The monoisotopic (exact) mass is 474 g/mol. The fourth-order valence-corrected chi connectivity index (χ4v) is 3.88. The first-order valence-electron chi connectivity index (χ1n) is 9.90. The quantitative estimate of drug-likeness (QED) is 0.445. The van der Waals surface area contributed by atoms with Crippen molar-refractivity contribution in [3.05, 3.63) is 69.1 Å². The smallest absolute Gasteiger partial charge is 0.319 e. The molecule has 0 bridgehead atoms. The highest BCUT2D eigenvalue weighted by Gasteiger charge is 2.21. The van der Waals surface area contributed by atoms with Gasteiger partial charge in [0, 0.05) is 10.7 Å². The molecule has 0 aliphatic heterocycles. The number of nitrogens with one attached hydrogen (secondary N) is 2. The number of carbonyl (C=O) groups is 2. The summed E-state index contributed by atoms with van der Waals surface area (Å²) < 4.78 is 10.2. The fraction of sp³-hybridized carbons (Fsp3) is 0.273. The molecule has 2 N–H and O–H groups in total. The van der Waals surface area contributed by atoms with Crippen LogP contribution in [0.1, 0.15) is 28.5 Å². The zero-order chi connectivity index (χ0) is 22.9. The van der Waals surface area contributed by atoms with E-state index in [0.717, 1.165) is 11.3 Å². The molecule has 0 fully saturated rings. The largest absolute Gasteiger partial charge is 0.497 e. The van der Waals surface area contributed by atoms with Crippen LogP contribution in [-0.4, -0.2) is 35.9 Å². The van der Waals surface area contributed by atoms with Gasteiger partial charge in [-0.25, -0.2) is 4.79 Å².